The van der Waals surface area contributed by atoms with Gasteiger partial charge in [0.15, 0.2) is 0 Å². The van der Waals surface area contributed by atoms with Crippen LogP contribution in [0.1, 0.15) is 31.2 Å². The zero-order valence-corrected chi connectivity index (χ0v) is 15.5. The molecule has 2 aromatic carbocycles. The average Bonchev–Trinajstić information content (AvgIpc) is 3.01. The number of fused-ring (bicyclic) bond motifs is 2. The van der Waals surface area contributed by atoms with Crippen molar-refractivity contribution in [3.8, 4) is 11.1 Å². The fourth-order valence-corrected chi connectivity index (χ4v) is 4.31. The van der Waals surface area contributed by atoms with Gasteiger partial charge in [-0.1, -0.05) is 24.3 Å². The fraction of sp³-hybridized carbons (Fsp3) is 0.409. The minimum atomic E-state index is -0.438. The van der Waals surface area contributed by atoms with E-state index in [9.17, 15) is 9.18 Å². The Hall–Kier alpha value is -2.40. The van der Waals surface area contributed by atoms with Gasteiger partial charge >= 0.3 is 6.09 Å². The zero-order chi connectivity index (χ0) is 18.8. The van der Waals surface area contributed by atoms with E-state index in [1.807, 2.05) is 24.3 Å². The lowest BCUT2D eigenvalue weighted by Crippen LogP contribution is -2.39. The monoisotopic (exact) mass is 368 g/mol. The molecule has 2 aliphatic heterocycles. The maximum atomic E-state index is 13.6. The van der Waals surface area contributed by atoms with E-state index in [4.69, 9.17) is 4.74 Å². The lowest BCUT2D eigenvalue weighted by molar-refractivity contribution is 0.122. The second-order valence-electron chi connectivity index (χ2n) is 7.71. The highest BCUT2D eigenvalue weighted by Gasteiger charge is 2.33. The molecule has 2 aromatic rings. The third-order valence-corrected chi connectivity index (χ3v) is 5.65. The van der Waals surface area contributed by atoms with Crippen molar-refractivity contribution in [1.29, 1.82) is 0 Å². The summed E-state index contributed by atoms with van der Waals surface area (Å²) in [5.74, 6) is 0.198. The van der Waals surface area contributed by atoms with Crippen molar-refractivity contribution in [3.05, 3.63) is 53.8 Å². The molecule has 0 aliphatic carbocycles. The molecule has 5 heteroatoms. The van der Waals surface area contributed by atoms with E-state index in [0.29, 0.717) is 35.9 Å². The third-order valence-electron chi connectivity index (χ3n) is 5.65. The number of carbonyl (C=O) groups is 1. The molecular formula is C22H25FN2O2. The third kappa shape index (κ3) is 4.14. The molecule has 2 N–H and O–H groups in total. The van der Waals surface area contributed by atoms with E-state index in [-0.39, 0.29) is 5.82 Å². The highest BCUT2D eigenvalue weighted by atomic mass is 19.1. The van der Waals surface area contributed by atoms with Gasteiger partial charge in [0.2, 0.25) is 0 Å². The van der Waals surface area contributed by atoms with E-state index < -0.39 is 6.09 Å². The number of aryl methyl sites for hydroxylation is 1. The van der Waals surface area contributed by atoms with Gasteiger partial charge < -0.3 is 10.1 Å². The standard InChI is InChI=1S/C22H25FN2O2/c1-14-10-16(6-9-20(14)23)19-4-2-3-5-21(19)25-22(26)27-13-15-11-17-7-8-18(12-15)24-17/h2-6,9-10,15,17-18,24H,7-8,11-13H2,1H3,(H,25,26). The van der Waals surface area contributed by atoms with E-state index in [1.165, 1.54) is 18.9 Å². The first-order valence-electron chi connectivity index (χ1n) is 9.64. The first-order chi connectivity index (χ1) is 13.1. The maximum Gasteiger partial charge on any atom is 0.411 e. The fourth-order valence-electron chi connectivity index (χ4n) is 4.31. The number of carbonyl (C=O) groups excluding carboxylic acids is 1. The summed E-state index contributed by atoms with van der Waals surface area (Å²) < 4.78 is 19.1. The van der Waals surface area contributed by atoms with Crippen LogP contribution in [-0.2, 0) is 4.74 Å². The number of piperidine rings is 1. The van der Waals surface area contributed by atoms with Crippen LogP contribution in [0.4, 0.5) is 14.9 Å². The molecule has 2 saturated heterocycles. The van der Waals surface area contributed by atoms with Crippen LogP contribution in [0, 0.1) is 18.7 Å². The lowest BCUT2D eigenvalue weighted by atomic mass is 9.93. The van der Waals surface area contributed by atoms with Crippen LogP contribution in [0.3, 0.4) is 0 Å². The Morgan fingerprint density at radius 2 is 1.93 bits per heavy atom. The predicted molar refractivity (Wildman–Crippen MR) is 104 cm³/mol. The topological polar surface area (TPSA) is 50.4 Å². The Kier molecular flexibility index (Phi) is 5.12. The molecule has 4 rings (SSSR count). The molecule has 1 amide bonds. The van der Waals surface area contributed by atoms with Crippen LogP contribution >= 0.6 is 0 Å². The van der Waals surface area contributed by atoms with Crippen molar-refractivity contribution < 1.29 is 13.9 Å². The molecule has 2 fully saturated rings. The number of hydrogen-bond acceptors (Lipinski definition) is 3. The van der Waals surface area contributed by atoms with Crippen LogP contribution in [0.5, 0.6) is 0 Å². The van der Waals surface area contributed by atoms with Gasteiger partial charge in [-0.25, -0.2) is 9.18 Å². The van der Waals surface area contributed by atoms with Crippen molar-refractivity contribution in [2.24, 2.45) is 5.92 Å². The summed E-state index contributed by atoms with van der Waals surface area (Å²) in [6, 6.07) is 13.6. The number of ether oxygens (including phenoxy) is 1. The number of halogens is 1. The predicted octanol–water partition coefficient (Wildman–Crippen LogP) is 4.88. The van der Waals surface area contributed by atoms with Gasteiger partial charge in [-0.3, -0.25) is 5.32 Å². The highest BCUT2D eigenvalue weighted by molar-refractivity contribution is 5.91. The van der Waals surface area contributed by atoms with Crippen molar-refractivity contribution in [2.45, 2.75) is 44.7 Å². The molecule has 2 aliphatic rings. The Labute approximate surface area is 159 Å². The molecule has 2 unspecified atom stereocenters. The highest BCUT2D eigenvalue weighted by Crippen LogP contribution is 2.32. The molecule has 0 saturated carbocycles. The number of anilines is 1. The summed E-state index contributed by atoms with van der Waals surface area (Å²) in [7, 11) is 0. The Bertz CT molecular complexity index is 827. The molecule has 27 heavy (non-hydrogen) atoms. The van der Waals surface area contributed by atoms with Crippen molar-refractivity contribution in [3.63, 3.8) is 0 Å². The minimum absolute atomic E-state index is 0.237. The van der Waals surface area contributed by atoms with Crippen molar-refractivity contribution in [2.75, 3.05) is 11.9 Å². The second kappa shape index (κ2) is 7.69. The molecule has 2 atom stereocenters. The molecule has 2 bridgehead atoms. The number of benzene rings is 2. The van der Waals surface area contributed by atoms with Gasteiger partial charge in [-0.2, -0.15) is 0 Å². The van der Waals surface area contributed by atoms with Crippen LogP contribution in [0.25, 0.3) is 11.1 Å². The molecule has 4 nitrogen and oxygen atoms in total. The number of nitrogens with one attached hydrogen (secondary N) is 2. The van der Waals surface area contributed by atoms with Crippen molar-refractivity contribution in [1.82, 2.24) is 5.32 Å². The normalized spacial score (nSPS) is 23.9. The summed E-state index contributed by atoms with van der Waals surface area (Å²) in [6.07, 6.45) is 4.19. The van der Waals surface area contributed by atoms with Gasteiger partial charge in [0.25, 0.3) is 0 Å². The number of hydrogen-bond donors (Lipinski definition) is 2. The Morgan fingerprint density at radius 1 is 1.19 bits per heavy atom. The Balaban J connectivity index is 1.40. The summed E-state index contributed by atoms with van der Waals surface area (Å²) in [6.45, 7) is 2.19. The zero-order valence-electron chi connectivity index (χ0n) is 15.5. The molecule has 142 valence electrons. The number of rotatable bonds is 4. The summed E-state index contributed by atoms with van der Waals surface area (Å²) >= 11 is 0. The van der Waals surface area contributed by atoms with Crippen LogP contribution in [-0.4, -0.2) is 24.8 Å². The van der Waals surface area contributed by atoms with E-state index in [2.05, 4.69) is 10.6 Å². The van der Waals surface area contributed by atoms with Gasteiger partial charge in [-0.05, 0) is 67.9 Å². The molecule has 0 aromatic heterocycles. The quantitative estimate of drug-likeness (QED) is 0.809. The van der Waals surface area contributed by atoms with E-state index in [1.54, 1.807) is 19.1 Å². The van der Waals surface area contributed by atoms with Gasteiger partial charge in [0, 0.05) is 17.6 Å². The smallest absolute Gasteiger partial charge is 0.411 e. The first kappa shape index (κ1) is 18.0. The van der Waals surface area contributed by atoms with Crippen molar-refractivity contribution >= 4 is 11.8 Å². The van der Waals surface area contributed by atoms with Gasteiger partial charge in [0.05, 0.1) is 12.3 Å². The maximum absolute atomic E-state index is 13.6. The largest absolute Gasteiger partial charge is 0.449 e. The number of amides is 1. The van der Waals surface area contributed by atoms with E-state index in [0.717, 1.165) is 24.0 Å². The average molecular weight is 368 g/mol. The summed E-state index contributed by atoms with van der Waals surface area (Å²) in [4.78, 5) is 12.3. The summed E-state index contributed by atoms with van der Waals surface area (Å²) in [5, 5.41) is 6.45. The van der Waals surface area contributed by atoms with Crippen LogP contribution < -0.4 is 10.6 Å². The van der Waals surface area contributed by atoms with Crippen LogP contribution in [0.2, 0.25) is 0 Å². The van der Waals surface area contributed by atoms with Gasteiger partial charge in [-0.15, -0.1) is 0 Å². The lowest BCUT2D eigenvalue weighted by Gasteiger charge is -2.28. The molecule has 2 heterocycles. The van der Waals surface area contributed by atoms with Gasteiger partial charge in [0.1, 0.15) is 5.82 Å². The van der Waals surface area contributed by atoms with Crippen LogP contribution in [0.15, 0.2) is 42.5 Å². The minimum Gasteiger partial charge on any atom is -0.449 e. The molecular weight excluding hydrogens is 343 g/mol. The molecule has 0 spiro atoms. The Morgan fingerprint density at radius 3 is 2.67 bits per heavy atom. The summed E-state index contributed by atoms with van der Waals surface area (Å²) in [5.41, 5.74) is 2.95. The number of para-hydroxylation sites is 1. The second-order valence-corrected chi connectivity index (χ2v) is 7.71. The van der Waals surface area contributed by atoms with E-state index >= 15 is 0 Å². The molecule has 0 radical (unpaired) electrons. The SMILES string of the molecule is Cc1cc(-c2ccccc2NC(=O)OCC2CC3CCC(C2)N3)ccc1F. The first-order valence-corrected chi connectivity index (χ1v) is 9.64.